The minimum atomic E-state index is -0.286. The summed E-state index contributed by atoms with van der Waals surface area (Å²) in [6, 6.07) is 0. The molecule has 1 atom stereocenters. The fraction of sp³-hybridized carbons (Fsp3) is 0.714. The highest BCUT2D eigenvalue weighted by Gasteiger charge is 2.18. The summed E-state index contributed by atoms with van der Waals surface area (Å²) in [6.45, 7) is 4.05. The smallest absolute Gasteiger partial charge is 0.159 e. The Balaban J connectivity index is 2.52. The van der Waals surface area contributed by atoms with Gasteiger partial charge in [0, 0.05) is 19.7 Å². The molecule has 1 heterocycles. The summed E-state index contributed by atoms with van der Waals surface area (Å²) in [5.41, 5.74) is 0.470. The largest absolute Gasteiger partial charge is 0.375 e. The van der Waals surface area contributed by atoms with Crippen molar-refractivity contribution in [2.24, 2.45) is 0 Å². The van der Waals surface area contributed by atoms with E-state index in [0.717, 1.165) is 13.1 Å². The maximum Gasteiger partial charge on any atom is 0.159 e. The molecular formula is C7H12N2O2. The third-order valence-corrected chi connectivity index (χ3v) is 1.48. The zero-order valence-corrected chi connectivity index (χ0v) is 6.52. The van der Waals surface area contributed by atoms with Crippen molar-refractivity contribution in [3.05, 3.63) is 5.70 Å². The van der Waals surface area contributed by atoms with E-state index in [4.69, 9.17) is 4.74 Å². The second-order valence-corrected chi connectivity index (χ2v) is 2.23. The summed E-state index contributed by atoms with van der Waals surface area (Å²) >= 11 is 0. The van der Waals surface area contributed by atoms with E-state index in [1.54, 1.807) is 5.94 Å². The molecule has 4 nitrogen and oxygen atoms in total. The number of nitrogens with one attached hydrogen (secondary N) is 2. The number of piperazine rings is 1. The zero-order valence-electron chi connectivity index (χ0n) is 6.52. The van der Waals surface area contributed by atoms with Crippen LogP contribution < -0.4 is 10.6 Å². The van der Waals surface area contributed by atoms with E-state index in [1.807, 2.05) is 6.92 Å². The monoisotopic (exact) mass is 156 g/mol. The van der Waals surface area contributed by atoms with Gasteiger partial charge < -0.3 is 10.1 Å². The van der Waals surface area contributed by atoms with Crippen LogP contribution in [0.3, 0.4) is 0 Å². The van der Waals surface area contributed by atoms with Crippen molar-refractivity contribution >= 4 is 5.94 Å². The van der Waals surface area contributed by atoms with Crippen LogP contribution in [0.4, 0.5) is 0 Å². The molecule has 1 fully saturated rings. The van der Waals surface area contributed by atoms with Crippen LogP contribution in [0.25, 0.3) is 0 Å². The number of ether oxygens (including phenoxy) is 1. The Kier molecular flexibility index (Phi) is 3.11. The summed E-state index contributed by atoms with van der Waals surface area (Å²) in [4.78, 5) is 10.3. The van der Waals surface area contributed by atoms with Gasteiger partial charge >= 0.3 is 0 Å². The topological polar surface area (TPSA) is 50.4 Å². The second-order valence-electron chi connectivity index (χ2n) is 2.23. The average molecular weight is 156 g/mol. The average Bonchev–Trinajstić information content (AvgIpc) is 2.06. The molecule has 0 spiro atoms. The van der Waals surface area contributed by atoms with Crippen molar-refractivity contribution in [3.63, 3.8) is 0 Å². The first-order chi connectivity index (χ1) is 5.38. The van der Waals surface area contributed by atoms with E-state index in [1.165, 1.54) is 0 Å². The minimum Gasteiger partial charge on any atom is -0.375 e. The van der Waals surface area contributed by atoms with Crippen molar-refractivity contribution in [2.75, 3.05) is 19.7 Å². The number of hydrogen-bond acceptors (Lipinski definition) is 4. The van der Waals surface area contributed by atoms with Gasteiger partial charge in [0.05, 0.1) is 0 Å². The van der Waals surface area contributed by atoms with Gasteiger partial charge in [-0.05, 0) is 6.92 Å². The molecule has 1 rings (SSSR count). The Hall–Kier alpha value is -0.830. The lowest BCUT2D eigenvalue weighted by Crippen LogP contribution is -2.48. The molecule has 0 aromatic carbocycles. The third-order valence-electron chi connectivity index (χ3n) is 1.48. The van der Waals surface area contributed by atoms with Crippen molar-refractivity contribution in [1.29, 1.82) is 0 Å². The van der Waals surface area contributed by atoms with Crippen molar-refractivity contribution in [1.82, 2.24) is 10.6 Å². The Bertz CT molecular complexity index is 173. The Morgan fingerprint density at radius 3 is 3.18 bits per heavy atom. The highest BCUT2D eigenvalue weighted by atomic mass is 16.5. The third kappa shape index (κ3) is 2.05. The molecule has 1 unspecified atom stereocenters. The maximum absolute atomic E-state index is 10.3. The predicted molar refractivity (Wildman–Crippen MR) is 40.6 cm³/mol. The summed E-state index contributed by atoms with van der Waals surface area (Å²) in [6.07, 6.45) is -0.286. The van der Waals surface area contributed by atoms with Gasteiger partial charge in [-0.2, -0.15) is 0 Å². The highest BCUT2D eigenvalue weighted by molar-refractivity contribution is 5.53. The number of hydrogen-bond donors (Lipinski definition) is 2. The van der Waals surface area contributed by atoms with Gasteiger partial charge in [-0.3, -0.25) is 5.32 Å². The SMILES string of the molecule is CCOC1NCCNC1=C=O. The van der Waals surface area contributed by atoms with Crippen LogP contribution in [-0.4, -0.2) is 31.9 Å². The van der Waals surface area contributed by atoms with Crippen molar-refractivity contribution in [2.45, 2.75) is 13.2 Å². The van der Waals surface area contributed by atoms with Gasteiger partial charge in [0.25, 0.3) is 0 Å². The standard InChI is InChI=1S/C7H12N2O2/c1-2-11-7-6(5-10)8-3-4-9-7/h7-9H,2-4H2,1H3. The molecule has 0 aliphatic carbocycles. The maximum atomic E-state index is 10.3. The van der Waals surface area contributed by atoms with Gasteiger partial charge in [0.1, 0.15) is 11.6 Å². The molecule has 4 heteroatoms. The molecule has 62 valence electrons. The molecule has 1 aliphatic heterocycles. The van der Waals surface area contributed by atoms with E-state index >= 15 is 0 Å². The van der Waals surface area contributed by atoms with E-state index in [0.29, 0.717) is 12.3 Å². The van der Waals surface area contributed by atoms with Crippen molar-refractivity contribution < 1.29 is 9.53 Å². The molecule has 0 aromatic heterocycles. The van der Waals surface area contributed by atoms with E-state index in [9.17, 15) is 4.79 Å². The molecule has 2 N–H and O–H groups in total. The zero-order chi connectivity index (χ0) is 8.10. The second kappa shape index (κ2) is 4.13. The summed E-state index contributed by atoms with van der Waals surface area (Å²) in [5, 5.41) is 5.95. The van der Waals surface area contributed by atoms with Crippen LogP contribution in [0.15, 0.2) is 5.70 Å². The first-order valence-corrected chi connectivity index (χ1v) is 3.72. The normalized spacial score (nSPS) is 24.1. The Morgan fingerprint density at radius 1 is 1.73 bits per heavy atom. The van der Waals surface area contributed by atoms with Crippen molar-refractivity contribution in [3.8, 4) is 0 Å². The van der Waals surface area contributed by atoms with Gasteiger partial charge in [-0.15, -0.1) is 0 Å². The molecule has 1 aliphatic rings. The van der Waals surface area contributed by atoms with Gasteiger partial charge in [0.15, 0.2) is 6.23 Å². The van der Waals surface area contributed by atoms with Crippen LogP contribution in [0.5, 0.6) is 0 Å². The lowest BCUT2D eigenvalue weighted by atomic mass is 10.3. The van der Waals surface area contributed by atoms with E-state index in [-0.39, 0.29) is 6.23 Å². The Morgan fingerprint density at radius 2 is 2.55 bits per heavy atom. The van der Waals surface area contributed by atoms with Crippen LogP contribution in [0, 0.1) is 0 Å². The van der Waals surface area contributed by atoms with Crippen LogP contribution in [0.2, 0.25) is 0 Å². The van der Waals surface area contributed by atoms with Gasteiger partial charge in [-0.1, -0.05) is 0 Å². The number of carbonyl (C=O) groups excluding carboxylic acids is 1. The first-order valence-electron chi connectivity index (χ1n) is 3.72. The fourth-order valence-electron chi connectivity index (χ4n) is 0.994. The van der Waals surface area contributed by atoms with Gasteiger partial charge in [-0.25, -0.2) is 4.79 Å². The van der Waals surface area contributed by atoms with Crippen LogP contribution >= 0.6 is 0 Å². The van der Waals surface area contributed by atoms with Crippen LogP contribution in [0.1, 0.15) is 6.92 Å². The summed E-state index contributed by atoms with van der Waals surface area (Å²) < 4.78 is 5.21. The molecule has 0 bridgehead atoms. The summed E-state index contributed by atoms with van der Waals surface area (Å²) in [5.74, 6) is 1.81. The Labute approximate surface area is 65.6 Å². The number of rotatable bonds is 2. The molecule has 0 aromatic rings. The molecule has 1 saturated heterocycles. The molecular weight excluding hydrogens is 144 g/mol. The van der Waals surface area contributed by atoms with E-state index in [2.05, 4.69) is 10.6 Å². The molecule has 0 saturated carbocycles. The molecule has 11 heavy (non-hydrogen) atoms. The van der Waals surface area contributed by atoms with Crippen LogP contribution in [-0.2, 0) is 9.53 Å². The summed E-state index contributed by atoms with van der Waals surface area (Å²) in [7, 11) is 0. The fourth-order valence-corrected chi connectivity index (χ4v) is 0.994. The van der Waals surface area contributed by atoms with Gasteiger partial charge in [0.2, 0.25) is 0 Å². The lowest BCUT2D eigenvalue weighted by Gasteiger charge is -2.25. The molecule has 0 radical (unpaired) electrons. The van der Waals surface area contributed by atoms with E-state index < -0.39 is 0 Å². The minimum absolute atomic E-state index is 0.286. The first kappa shape index (κ1) is 8.27. The lowest BCUT2D eigenvalue weighted by molar-refractivity contribution is 0.0531. The highest BCUT2D eigenvalue weighted by Crippen LogP contribution is 1.99. The molecule has 0 amide bonds. The predicted octanol–water partition coefficient (Wildman–Crippen LogP) is -0.743. The quantitative estimate of drug-likeness (QED) is 0.517.